The molecule has 0 unspecified atom stereocenters. The molecule has 0 aliphatic carbocycles. The Labute approximate surface area is 268 Å². The average molecular weight is 650 g/mol. The van der Waals surface area contributed by atoms with E-state index in [-0.39, 0.29) is 11.4 Å². The van der Waals surface area contributed by atoms with Gasteiger partial charge >= 0.3 is 11.9 Å². The van der Waals surface area contributed by atoms with Crippen molar-refractivity contribution in [3.05, 3.63) is 59.2 Å². The molecular weight excluding hydrogens is 606 g/mol. The van der Waals surface area contributed by atoms with Gasteiger partial charge < -0.3 is 24.4 Å². The van der Waals surface area contributed by atoms with E-state index in [1.54, 1.807) is 12.1 Å². The van der Waals surface area contributed by atoms with E-state index in [1.165, 1.54) is 12.1 Å². The lowest BCUT2D eigenvalue weighted by molar-refractivity contribution is 0.0260. The van der Waals surface area contributed by atoms with E-state index in [9.17, 15) is 14.7 Å². The summed E-state index contributed by atoms with van der Waals surface area (Å²) < 4.78 is 17.4. The van der Waals surface area contributed by atoms with Crippen molar-refractivity contribution in [3.63, 3.8) is 0 Å². The Balaban J connectivity index is 1.67. The van der Waals surface area contributed by atoms with Gasteiger partial charge in [0.1, 0.15) is 11.4 Å². The second-order valence-corrected chi connectivity index (χ2v) is 11.0. The third kappa shape index (κ3) is 16.9. The van der Waals surface area contributed by atoms with E-state index in [0.717, 1.165) is 24.5 Å². The number of thiocarbonyl (C=S) groups is 1. The molecule has 12 nitrogen and oxygen atoms in total. The minimum atomic E-state index is -1.05. The fourth-order valence-electron chi connectivity index (χ4n) is 3.98. The summed E-state index contributed by atoms with van der Waals surface area (Å²) in [6, 6.07) is 10.0. The zero-order valence-corrected chi connectivity index (χ0v) is 26.9. The van der Waals surface area contributed by atoms with Crippen LogP contribution in [0.1, 0.15) is 45.7 Å². The third-order valence-electron chi connectivity index (χ3n) is 6.29. The maximum atomic E-state index is 11.3. The molecule has 0 atom stereocenters. The molecule has 242 valence electrons. The Hall–Kier alpha value is -2.81. The van der Waals surface area contributed by atoms with Crippen LogP contribution in [0.25, 0.3) is 0 Å². The highest BCUT2D eigenvalue weighted by Crippen LogP contribution is 2.07. The van der Waals surface area contributed by atoms with Crippen LogP contribution >= 0.6 is 24.0 Å². The summed E-state index contributed by atoms with van der Waals surface area (Å²) in [4.78, 5) is 39.1. The fourth-order valence-corrected chi connectivity index (χ4v) is 4.81. The van der Waals surface area contributed by atoms with E-state index in [1.807, 2.05) is 30.8 Å². The standard InChI is InChI=1S/C30H43N5O7S2/c1-2-34(22-25-6-3-8-27(32-25)29(36)37)11-15-41-18-19-42-17-13-35(23-26-7-4-9-28(33-26)30(38)39)12-16-40-14-5-20-44-21-10-31-24-43/h3-4,6-9H,2,5,10-23H2,1H3,(H,36,37)(H,38,39). The summed E-state index contributed by atoms with van der Waals surface area (Å²) in [6.45, 7) is 9.62. The van der Waals surface area contributed by atoms with Gasteiger partial charge in [0.2, 0.25) is 0 Å². The van der Waals surface area contributed by atoms with Crippen LogP contribution in [0.3, 0.4) is 0 Å². The average Bonchev–Trinajstić information content (AvgIpc) is 3.02. The van der Waals surface area contributed by atoms with Gasteiger partial charge in [0.15, 0.2) is 0 Å². The maximum absolute atomic E-state index is 11.3. The van der Waals surface area contributed by atoms with E-state index >= 15 is 0 Å². The third-order valence-corrected chi connectivity index (χ3v) is 7.46. The van der Waals surface area contributed by atoms with Crippen LogP contribution in [0.5, 0.6) is 0 Å². The van der Waals surface area contributed by atoms with Gasteiger partial charge in [0, 0.05) is 45.1 Å². The van der Waals surface area contributed by atoms with E-state index < -0.39 is 11.9 Å². The van der Waals surface area contributed by atoms with Crippen LogP contribution in [-0.2, 0) is 27.3 Å². The van der Waals surface area contributed by atoms with Crippen LogP contribution in [0.15, 0.2) is 41.4 Å². The Morgan fingerprint density at radius 2 is 1.34 bits per heavy atom. The molecule has 0 amide bonds. The first-order valence-corrected chi connectivity index (χ1v) is 16.2. The molecule has 2 N–H and O–H groups in total. The second kappa shape index (κ2) is 23.6. The number of hydrogen-bond donors (Lipinski definition) is 2. The number of aromatic carboxylic acids is 2. The summed E-state index contributed by atoms with van der Waals surface area (Å²) >= 11 is 6.37. The quantitative estimate of drug-likeness (QED) is 0.0872. The highest BCUT2D eigenvalue weighted by atomic mass is 32.2. The molecule has 0 spiro atoms. The van der Waals surface area contributed by atoms with Crippen molar-refractivity contribution in [2.75, 3.05) is 83.9 Å². The van der Waals surface area contributed by atoms with E-state index in [0.29, 0.717) is 90.3 Å². The van der Waals surface area contributed by atoms with Crippen molar-refractivity contribution < 1.29 is 34.0 Å². The smallest absolute Gasteiger partial charge is 0.354 e. The van der Waals surface area contributed by atoms with E-state index in [2.05, 4.69) is 42.1 Å². The molecule has 0 aliphatic rings. The zero-order chi connectivity index (χ0) is 31.8. The van der Waals surface area contributed by atoms with Crippen molar-refractivity contribution in [1.29, 1.82) is 0 Å². The largest absolute Gasteiger partial charge is 0.477 e. The number of thioether (sulfide) groups is 1. The van der Waals surface area contributed by atoms with Crippen LogP contribution in [0, 0.1) is 0 Å². The van der Waals surface area contributed by atoms with Crippen molar-refractivity contribution >= 4 is 41.1 Å². The molecule has 0 bridgehead atoms. The number of carbonyl (C=O) groups is 2. The SMILES string of the molecule is CCN(CCOCCOCCN(CCOCCCSCCN=C=S)Cc1cccc(C(=O)O)n1)Cc1cccc(C(=O)O)n1. The maximum Gasteiger partial charge on any atom is 0.354 e. The highest BCUT2D eigenvalue weighted by molar-refractivity contribution is 7.99. The molecule has 0 saturated heterocycles. The van der Waals surface area contributed by atoms with Crippen molar-refractivity contribution in [2.24, 2.45) is 4.99 Å². The number of ether oxygens (including phenoxy) is 3. The zero-order valence-electron chi connectivity index (χ0n) is 25.3. The number of isothiocyanates is 1. The number of nitrogens with zero attached hydrogens (tertiary/aromatic N) is 5. The number of aromatic nitrogens is 2. The lowest BCUT2D eigenvalue weighted by atomic mass is 10.3. The van der Waals surface area contributed by atoms with Crippen LogP contribution in [0.4, 0.5) is 0 Å². The van der Waals surface area contributed by atoms with Gasteiger partial charge in [-0.3, -0.25) is 9.80 Å². The van der Waals surface area contributed by atoms with Gasteiger partial charge in [0.25, 0.3) is 0 Å². The number of pyridine rings is 2. The van der Waals surface area contributed by atoms with Gasteiger partial charge in [0.05, 0.1) is 56.1 Å². The Morgan fingerprint density at radius 1 is 0.818 bits per heavy atom. The number of carboxylic acids is 2. The van der Waals surface area contributed by atoms with Crippen molar-refractivity contribution in [2.45, 2.75) is 26.4 Å². The topological polar surface area (TPSA) is 147 Å². The van der Waals surface area contributed by atoms with Gasteiger partial charge in [-0.05, 0) is 55.2 Å². The predicted molar refractivity (Wildman–Crippen MR) is 173 cm³/mol. The van der Waals surface area contributed by atoms with Crippen LogP contribution in [0.2, 0.25) is 0 Å². The summed E-state index contributed by atoms with van der Waals surface area (Å²) in [5.74, 6) is -0.175. The first-order valence-electron chi connectivity index (χ1n) is 14.6. The predicted octanol–water partition coefficient (Wildman–Crippen LogP) is 3.47. The lowest BCUT2D eigenvalue weighted by Crippen LogP contribution is -2.31. The Morgan fingerprint density at radius 3 is 1.86 bits per heavy atom. The molecule has 0 fully saturated rings. The monoisotopic (exact) mass is 649 g/mol. The Kier molecular flexibility index (Phi) is 20.0. The van der Waals surface area contributed by atoms with E-state index in [4.69, 9.17) is 19.3 Å². The van der Waals surface area contributed by atoms with Crippen LogP contribution in [-0.4, -0.2) is 131 Å². The Bertz CT molecular complexity index is 1170. The van der Waals surface area contributed by atoms with Crippen molar-refractivity contribution in [1.82, 2.24) is 19.8 Å². The second-order valence-electron chi connectivity index (χ2n) is 9.56. The lowest BCUT2D eigenvalue weighted by Gasteiger charge is -2.22. The summed E-state index contributed by atoms with van der Waals surface area (Å²) in [6.07, 6.45) is 0.947. The van der Waals surface area contributed by atoms with Crippen molar-refractivity contribution in [3.8, 4) is 0 Å². The molecule has 2 aromatic heterocycles. The summed E-state index contributed by atoms with van der Waals surface area (Å²) in [7, 11) is 0. The van der Waals surface area contributed by atoms with Crippen LogP contribution < -0.4 is 0 Å². The molecule has 0 aromatic carbocycles. The first-order chi connectivity index (χ1) is 21.4. The molecular formula is C30H43N5O7S2. The molecule has 14 heteroatoms. The highest BCUT2D eigenvalue weighted by Gasteiger charge is 2.11. The molecule has 0 radical (unpaired) electrons. The molecule has 44 heavy (non-hydrogen) atoms. The first kappa shape index (κ1) is 37.4. The number of carboxylic acid groups (broad SMARTS) is 2. The number of hydrogen-bond acceptors (Lipinski definition) is 12. The van der Waals surface area contributed by atoms with Gasteiger partial charge in [-0.15, -0.1) is 0 Å². The molecule has 2 aromatic rings. The van der Waals surface area contributed by atoms with Gasteiger partial charge in [-0.1, -0.05) is 19.1 Å². The minimum Gasteiger partial charge on any atom is -0.477 e. The summed E-state index contributed by atoms with van der Waals surface area (Å²) in [5, 5.41) is 20.8. The normalized spacial score (nSPS) is 11.2. The molecule has 2 heterocycles. The van der Waals surface area contributed by atoms with Gasteiger partial charge in [-0.25, -0.2) is 24.5 Å². The molecule has 0 saturated carbocycles. The molecule has 0 aliphatic heterocycles. The number of aliphatic imine (C=N–C) groups is 1. The minimum absolute atomic E-state index is 0.0209. The molecule has 2 rings (SSSR count). The number of rotatable bonds is 26. The number of likely N-dealkylation sites (N-methyl/N-ethyl adjacent to an activating group) is 1. The fraction of sp³-hybridized carbons (Fsp3) is 0.567. The summed E-state index contributed by atoms with van der Waals surface area (Å²) in [5.41, 5.74) is 1.44. The van der Waals surface area contributed by atoms with Gasteiger partial charge in [-0.2, -0.15) is 11.8 Å².